The van der Waals surface area contributed by atoms with Gasteiger partial charge < -0.3 is 15.2 Å². The normalized spacial score (nSPS) is 10.9. The molecule has 1 amide bonds. The summed E-state index contributed by atoms with van der Waals surface area (Å²) in [5.74, 6) is -0.0721. The van der Waals surface area contributed by atoms with Crippen LogP contribution in [0.25, 0.3) is 10.9 Å². The standard InChI is InChI=1S/C22H28N4O/c1-3-11-26(12-4-2)19-13-18(14-23-16-19)22(27)24-10-9-17-15-25-21-8-6-5-7-20(17)21/h5-8,13-16,25H,3-4,9-12H2,1-2H3,(H,24,27). The van der Waals surface area contributed by atoms with Crippen molar-refractivity contribution in [3.63, 3.8) is 0 Å². The van der Waals surface area contributed by atoms with Crippen LogP contribution in [0.5, 0.6) is 0 Å². The van der Waals surface area contributed by atoms with Gasteiger partial charge in [0.25, 0.3) is 5.91 Å². The second kappa shape index (κ2) is 9.21. The number of benzene rings is 1. The number of rotatable bonds is 9. The number of carbonyl (C=O) groups excluding carboxylic acids is 1. The number of aromatic amines is 1. The Bertz CT molecular complexity index is 881. The molecule has 0 aliphatic carbocycles. The summed E-state index contributed by atoms with van der Waals surface area (Å²) in [5.41, 5.74) is 3.98. The van der Waals surface area contributed by atoms with E-state index in [4.69, 9.17) is 0 Å². The summed E-state index contributed by atoms with van der Waals surface area (Å²) in [6, 6.07) is 10.2. The summed E-state index contributed by atoms with van der Waals surface area (Å²) in [4.78, 5) is 22.4. The molecule has 27 heavy (non-hydrogen) atoms. The molecular formula is C22H28N4O. The Morgan fingerprint density at radius 2 is 1.93 bits per heavy atom. The van der Waals surface area contributed by atoms with Gasteiger partial charge in [-0.1, -0.05) is 32.0 Å². The monoisotopic (exact) mass is 364 g/mol. The maximum absolute atomic E-state index is 12.5. The quantitative estimate of drug-likeness (QED) is 0.599. The molecule has 2 N–H and O–H groups in total. The van der Waals surface area contributed by atoms with E-state index in [1.165, 1.54) is 10.9 Å². The third kappa shape index (κ3) is 4.67. The van der Waals surface area contributed by atoms with Gasteiger partial charge in [-0.2, -0.15) is 0 Å². The number of hydrogen-bond acceptors (Lipinski definition) is 3. The van der Waals surface area contributed by atoms with Crippen LogP contribution in [0, 0.1) is 0 Å². The second-order valence-corrected chi connectivity index (χ2v) is 6.78. The Hall–Kier alpha value is -2.82. The zero-order chi connectivity index (χ0) is 19.1. The number of aromatic nitrogens is 2. The van der Waals surface area contributed by atoms with E-state index in [0.29, 0.717) is 12.1 Å². The molecule has 0 fully saturated rings. The van der Waals surface area contributed by atoms with Crippen LogP contribution in [-0.2, 0) is 6.42 Å². The number of nitrogens with zero attached hydrogens (tertiary/aromatic N) is 2. The lowest BCUT2D eigenvalue weighted by molar-refractivity contribution is 0.0954. The van der Waals surface area contributed by atoms with E-state index >= 15 is 0 Å². The van der Waals surface area contributed by atoms with Gasteiger partial charge in [0.05, 0.1) is 17.4 Å². The number of H-pyrrole nitrogens is 1. The molecule has 2 heterocycles. The topological polar surface area (TPSA) is 61.0 Å². The maximum Gasteiger partial charge on any atom is 0.252 e. The van der Waals surface area contributed by atoms with Crippen LogP contribution in [-0.4, -0.2) is 35.5 Å². The van der Waals surface area contributed by atoms with E-state index in [1.54, 1.807) is 6.20 Å². The van der Waals surface area contributed by atoms with Crippen molar-refractivity contribution in [2.24, 2.45) is 0 Å². The smallest absolute Gasteiger partial charge is 0.252 e. The van der Waals surface area contributed by atoms with Gasteiger partial charge in [-0.05, 0) is 37.0 Å². The molecule has 0 aliphatic rings. The first-order valence-corrected chi connectivity index (χ1v) is 9.76. The molecule has 3 rings (SSSR count). The highest BCUT2D eigenvalue weighted by Crippen LogP contribution is 2.18. The van der Waals surface area contributed by atoms with Gasteiger partial charge in [-0.3, -0.25) is 9.78 Å². The average molecular weight is 364 g/mol. The van der Waals surface area contributed by atoms with Gasteiger partial charge in [0.1, 0.15) is 0 Å². The summed E-state index contributed by atoms with van der Waals surface area (Å²) >= 11 is 0. The third-order valence-corrected chi connectivity index (χ3v) is 4.69. The molecule has 0 saturated heterocycles. The Morgan fingerprint density at radius 1 is 1.15 bits per heavy atom. The number of pyridine rings is 1. The van der Waals surface area contributed by atoms with Gasteiger partial charge in [0.15, 0.2) is 0 Å². The van der Waals surface area contributed by atoms with Crippen LogP contribution in [0.1, 0.15) is 42.6 Å². The summed E-state index contributed by atoms with van der Waals surface area (Å²) in [7, 11) is 0. The van der Waals surface area contributed by atoms with E-state index in [-0.39, 0.29) is 5.91 Å². The maximum atomic E-state index is 12.5. The fourth-order valence-electron chi connectivity index (χ4n) is 3.39. The molecule has 142 valence electrons. The van der Waals surface area contributed by atoms with Crippen LogP contribution in [0.3, 0.4) is 0 Å². The fourth-order valence-corrected chi connectivity index (χ4v) is 3.39. The molecule has 0 atom stereocenters. The number of carbonyl (C=O) groups is 1. The minimum Gasteiger partial charge on any atom is -0.370 e. The molecule has 0 aliphatic heterocycles. The molecular weight excluding hydrogens is 336 g/mol. The highest BCUT2D eigenvalue weighted by atomic mass is 16.1. The van der Waals surface area contributed by atoms with Crippen molar-refractivity contribution in [1.29, 1.82) is 0 Å². The molecule has 3 aromatic rings. The lowest BCUT2D eigenvalue weighted by atomic mass is 10.1. The van der Waals surface area contributed by atoms with E-state index < -0.39 is 0 Å². The Morgan fingerprint density at radius 3 is 2.70 bits per heavy atom. The molecule has 5 heteroatoms. The first-order valence-electron chi connectivity index (χ1n) is 9.76. The highest BCUT2D eigenvalue weighted by Gasteiger charge is 2.11. The number of hydrogen-bond donors (Lipinski definition) is 2. The van der Waals surface area contributed by atoms with Gasteiger partial charge in [0.2, 0.25) is 0 Å². The summed E-state index contributed by atoms with van der Waals surface area (Å²) in [5, 5.41) is 4.23. The van der Waals surface area contributed by atoms with Crippen LogP contribution in [0.4, 0.5) is 5.69 Å². The van der Waals surface area contributed by atoms with Crippen LogP contribution < -0.4 is 10.2 Å². The van der Waals surface area contributed by atoms with Gasteiger partial charge >= 0.3 is 0 Å². The predicted molar refractivity (Wildman–Crippen MR) is 111 cm³/mol. The zero-order valence-electron chi connectivity index (χ0n) is 16.2. The second-order valence-electron chi connectivity index (χ2n) is 6.78. The van der Waals surface area contributed by atoms with E-state index in [2.05, 4.69) is 46.2 Å². The number of nitrogens with one attached hydrogen (secondary N) is 2. The van der Waals surface area contributed by atoms with E-state index in [9.17, 15) is 4.79 Å². The van der Waals surface area contributed by atoms with Crippen molar-refractivity contribution < 1.29 is 4.79 Å². The van der Waals surface area contributed by atoms with E-state index in [0.717, 1.165) is 43.6 Å². The van der Waals surface area contributed by atoms with Crippen LogP contribution in [0.15, 0.2) is 48.9 Å². The van der Waals surface area contributed by atoms with Gasteiger partial charge in [0, 0.05) is 42.9 Å². The van der Waals surface area contributed by atoms with Crippen molar-refractivity contribution in [3.05, 3.63) is 60.0 Å². The minimum atomic E-state index is -0.0721. The van der Waals surface area contributed by atoms with Gasteiger partial charge in [-0.15, -0.1) is 0 Å². The molecule has 2 aromatic heterocycles. The minimum absolute atomic E-state index is 0.0721. The number of fused-ring (bicyclic) bond motifs is 1. The lowest BCUT2D eigenvalue weighted by Crippen LogP contribution is -2.28. The molecule has 5 nitrogen and oxygen atoms in total. The molecule has 0 bridgehead atoms. The Balaban J connectivity index is 1.61. The SMILES string of the molecule is CCCN(CCC)c1cncc(C(=O)NCCc2c[nH]c3ccccc23)c1. The molecule has 0 spiro atoms. The Kier molecular flexibility index (Phi) is 6.47. The molecule has 0 unspecified atom stereocenters. The lowest BCUT2D eigenvalue weighted by Gasteiger charge is -2.23. The summed E-state index contributed by atoms with van der Waals surface area (Å²) in [6.45, 7) is 6.87. The third-order valence-electron chi connectivity index (χ3n) is 4.69. The first-order chi connectivity index (χ1) is 13.2. The van der Waals surface area contributed by atoms with Crippen molar-refractivity contribution in [2.75, 3.05) is 24.5 Å². The average Bonchev–Trinajstić information content (AvgIpc) is 3.11. The fraction of sp³-hybridized carbons (Fsp3) is 0.364. The molecule has 1 aromatic carbocycles. The molecule has 0 saturated carbocycles. The van der Waals surface area contributed by atoms with Crippen molar-refractivity contribution in [1.82, 2.24) is 15.3 Å². The van der Waals surface area contributed by atoms with E-state index in [1.807, 2.05) is 30.6 Å². The number of amides is 1. The van der Waals surface area contributed by atoms with Crippen molar-refractivity contribution in [3.8, 4) is 0 Å². The summed E-state index contributed by atoms with van der Waals surface area (Å²) < 4.78 is 0. The zero-order valence-corrected chi connectivity index (χ0v) is 16.2. The first kappa shape index (κ1) is 19.0. The highest BCUT2D eigenvalue weighted by molar-refractivity contribution is 5.94. The van der Waals surface area contributed by atoms with Crippen LogP contribution in [0.2, 0.25) is 0 Å². The van der Waals surface area contributed by atoms with Crippen molar-refractivity contribution >= 4 is 22.5 Å². The largest absolute Gasteiger partial charge is 0.370 e. The van der Waals surface area contributed by atoms with Gasteiger partial charge in [-0.25, -0.2) is 0 Å². The Labute approximate surface area is 160 Å². The molecule has 0 radical (unpaired) electrons. The summed E-state index contributed by atoms with van der Waals surface area (Å²) in [6.07, 6.45) is 8.43. The number of para-hydroxylation sites is 1. The van der Waals surface area contributed by atoms with Crippen LogP contribution >= 0.6 is 0 Å². The predicted octanol–water partition coefficient (Wildman–Crippen LogP) is 4.16. The van der Waals surface area contributed by atoms with Crippen molar-refractivity contribution in [2.45, 2.75) is 33.1 Å². The number of anilines is 1.